The van der Waals surface area contributed by atoms with Crippen molar-refractivity contribution in [2.75, 3.05) is 6.54 Å². The number of rotatable bonds is 4. The van der Waals surface area contributed by atoms with Gasteiger partial charge in [-0.05, 0) is 12.0 Å². The number of likely N-dealkylation sites (tertiary alicyclic amines) is 1. The zero-order valence-electron chi connectivity index (χ0n) is 9.47. The summed E-state index contributed by atoms with van der Waals surface area (Å²) < 4.78 is 0. The molecule has 0 amide bonds. The molecule has 1 N–H and O–H groups in total. The van der Waals surface area contributed by atoms with Gasteiger partial charge in [-0.2, -0.15) is 0 Å². The molecule has 1 aliphatic rings. The smallest absolute Gasteiger partial charge is 0.307 e. The summed E-state index contributed by atoms with van der Waals surface area (Å²) in [5.74, 6) is -0.958. The molecule has 0 aliphatic carbocycles. The topological polar surface area (TPSA) is 40.5 Å². The van der Waals surface area contributed by atoms with Gasteiger partial charge in [0.15, 0.2) is 0 Å². The van der Waals surface area contributed by atoms with Crippen molar-refractivity contribution < 1.29 is 9.90 Å². The summed E-state index contributed by atoms with van der Waals surface area (Å²) in [6, 6.07) is 10.4. The molecule has 0 bridgehead atoms. The van der Waals surface area contributed by atoms with Gasteiger partial charge in [-0.15, -0.1) is 0 Å². The SMILES string of the molecule is CC(C(=O)O)C1CCN1Cc1ccccc1. The Morgan fingerprint density at radius 1 is 1.50 bits per heavy atom. The van der Waals surface area contributed by atoms with E-state index in [4.69, 9.17) is 5.11 Å². The van der Waals surface area contributed by atoms with Crippen molar-refractivity contribution >= 4 is 5.97 Å². The van der Waals surface area contributed by atoms with Gasteiger partial charge < -0.3 is 5.11 Å². The van der Waals surface area contributed by atoms with E-state index in [0.29, 0.717) is 0 Å². The number of carboxylic acids is 1. The lowest BCUT2D eigenvalue weighted by molar-refractivity contribution is -0.145. The summed E-state index contributed by atoms with van der Waals surface area (Å²) in [5.41, 5.74) is 1.25. The Kier molecular flexibility index (Phi) is 3.25. The quantitative estimate of drug-likeness (QED) is 0.841. The molecule has 0 spiro atoms. The van der Waals surface area contributed by atoms with Crippen molar-refractivity contribution in [1.82, 2.24) is 4.90 Å². The largest absolute Gasteiger partial charge is 0.481 e. The van der Waals surface area contributed by atoms with Crippen LogP contribution in [0.25, 0.3) is 0 Å². The zero-order chi connectivity index (χ0) is 11.5. The van der Waals surface area contributed by atoms with Crippen LogP contribution in [0.15, 0.2) is 30.3 Å². The molecular formula is C13H17NO2. The van der Waals surface area contributed by atoms with Gasteiger partial charge in [0, 0.05) is 19.1 Å². The second-order valence-electron chi connectivity index (χ2n) is 4.44. The molecule has 86 valence electrons. The van der Waals surface area contributed by atoms with Crippen molar-refractivity contribution in [2.24, 2.45) is 5.92 Å². The van der Waals surface area contributed by atoms with Gasteiger partial charge in [0.25, 0.3) is 0 Å². The number of carbonyl (C=O) groups is 1. The zero-order valence-corrected chi connectivity index (χ0v) is 9.47. The van der Waals surface area contributed by atoms with Gasteiger partial charge in [0.2, 0.25) is 0 Å². The first kappa shape index (κ1) is 11.1. The Labute approximate surface area is 95.7 Å². The summed E-state index contributed by atoms with van der Waals surface area (Å²) in [6.45, 7) is 3.67. The van der Waals surface area contributed by atoms with Crippen LogP contribution >= 0.6 is 0 Å². The van der Waals surface area contributed by atoms with Crippen LogP contribution in [-0.2, 0) is 11.3 Å². The number of nitrogens with zero attached hydrogens (tertiary/aromatic N) is 1. The maximum Gasteiger partial charge on any atom is 0.307 e. The molecule has 16 heavy (non-hydrogen) atoms. The first-order chi connectivity index (χ1) is 7.68. The fourth-order valence-corrected chi connectivity index (χ4v) is 2.21. The van der Waals surface area contributed by atoms with Gasteiger partial charge >= 0.3 is 5.97 Å². The Hall–Kier alpha value is -1.35. The van der Waals surface area contributed by atoms with Crippen LogP contribution in [0.1, 0.15) is 18.9 Å². The molecule has 1 heterocycles. The van der Waals surface area contributed by atoms with Gasteiger partial charge in [0.1, 0.15) is 0 Å². The monoisotopic (exact) mass is 219 g/mol. The Morgan fingerprint density at radius 3 is 2.69 bits per heavy atom. The van der Waals surface area contributed by atoms with Crippen LogP contribution in [0.3, 0.4) is 0 Å². The lowest BCUT2D eigenvalue weighted by atomic mass is 9.90. The van der Waals surface area contributed by atoms with Crippen LogP contribution in [0, 0.1) is 5.92 Å². The highest BCUT2D eigenvalue weighted by Crippen LogP contribution is 2.26. The highest BCUT2D eigenvalue weighted by Gasteiger charge is 2.35. The van der Waals surface area contributed by atoms with Crippen molar-refractivity contribution in [3.63, 3.8) is 0 Å². The molecule has 2 rings (SSSR count). The maximum atomic E-state index is 10.9. The predicted molar refractivity (Wildman–Crippen MR) is 62.1 cm³/mol. The van der Waals surface area contributed by atoms with E-state index in [1.807, 2.05) is 18.2 Å². The summed E-state index contributed by atoms with van der Waals surface area (Å²) in [4.78, 5) is 13.1. The number of benzene rings is 1. The summed E-state index contributed by atoms with van der Waals surface area (Å²) in [7, 11) is 0. The summed E-state index contributed by atoms with van der Waals surface area (Å²) in [5, 5.41) is 8.97. The Balaban J connectivity index is 1.95. The molecule has 1 fully saturated rings. The van der Waals surface area contributed by atoms with Crippen molar-refractivity contribution in [2.45, 2.75) is 25.9 Å². The molecule has 1 aromatic rings. The van der Waals surface area contributed by atoms with E-state index in [1.54, 1.807) is 6.92 Å². The fourth-order valence-electron chi connectivity index (χ4n) is 2.21. The van der Waals surface area contributed by atoms with Gasteiger partial charge in [-0.3, -0.25) is 9.69 Å². The van der Waals surface area contributed by atoms with Gasteiger partial charge in [0.05, 0.1) is 5.92 Å². The number of aliphatic carboxylic acids is 1. The molecule has 1 saturated heterocycles. The minimum Gasteiger partial charge on any atom is -0.481 e. The number of hydrogen-bond acceptors (Lipinski definition) is 2. The average molecular weight is 219 g/mol. The molecule has 0 radical (unpaired) electrons. The molecule has 3 nitrogen and oxygen atoms in total. The molecule has 1 aliphatic heterocycles. The van der Waals surface area contributed by atoms with E-state index < -0.39 is 5.97 Å². The lowest BCUT2D eigenvalue weighted by Gasteiger charge is -2.43. The predicted octanol–water partition coefficient (Wildman–Crippen LogP) is 1.98. The van der Waals surface area contributed by atoms with Gasteiger partial charge in [-0.1, -0.05) is 37.3 Å². The minimum absolute atomic E-state index is 0.206. The van der Waals surface area contributed by atoms with Crippen molar-refractivity contribution in [1.29, 1.82) is 0 Å². The third kappa shape index (κ3) is 2.25. The highest BCUT2D eigenvalue weighted by molar-refractivity contribution is 5.70. The van der Waals surface area contributed by atoms with Crippen molar-refractivity contribution in [3.05, 3.63) is 35.9 Å². The molecule has 2 unspecified atom stereocenters. The summed E-state index contributed by atoms with van der Waals surface area (Å²) in [6.07, 6.45) is 1.00. The first-order valence-electron chi connectivity index (χ1n) is 5.69. The fraction of sp³-hybridized carbons (Fsp3) is 0.462. The maximum absolute atomic E-state index is 10.9. The van der Waals surface area contributed by atoms with Gasteiger partial charge in [-0.25, -0.2) is 0 Å². The van der Waals surface area contributed by atoms with Crippen LogP contribution in [0.4, 0.5) is 0 Å². The van der Waals surface area contributed by atoms with E-state index in [9.17, 15) is 4.79 Å². The lowest BCUT2D eigenvalue weighted by Crippen LogP contribution is -2.52. The molecule has 2 atom stereocenters. The molecule has 0 saturated carbocycles. The summed E-state index contributed by atoms with van der Waals surface area (Å²) >= 11 is 0. The van der Waals surface area contributed by atoms with E-state index in [1.165, 1.54) is 5.56 Å². The molecular weight excluding hydrogens is 202 g/mol. The first-order valence-corrected chi connectivity index (χ1v) is 5.69. The second kappa shape index (κ2) is 4.66. The molecule has 3 heteroatoms. The van der Waals surface area contributed by atoms with Crippen LogP contribution in [0.2, 0.25) is 0 Å². The Morgan fingerprint density at radius 2 is 2.19 bits per heavy atom. The molecule has 0 aromatic heterocycles. The number of carboxylic acid groups (broad SMARTS) is 1. The average Bonchev–Trinajstić information content (AvgIpc) is 2.26. The number of hydrogen-bond donors (Lipinski definition) is 1. The van der Waals surface area contributed by atoms with E-state index in [0.717, 1.165) is 19.5 Å². The third-order valence-corrected chi connectivity index (χ3v) is 3.38. The van der Waals surface area contributed by atoms with Crippen molar-refractivity contribution in [3.8, 4) is 0 Å². The Bertz CT molecular complexity index is 363. The van der Waals surface area contributed by atoms with E-state index >= 15 is 0 Å². The second-order valence-corrected chi connectivity index (χ2v) is 4.44. The van der Waals surface area contributed by atoms with Crippen LogP contribution in [-0.4, -0.2) is 28.6 Å². The van der Waals surface area contributed by atoms with Crippen LogP contribution < -0.4 is 0 Å². The third-order valence-electron chi connectivity index (χ3n) is 3.38. The normalized spacial score (nSPS) is 22.4. The minimum atomic E-state index is -0.692. The standard InChI is InChI=1S/C13H17NO2/c1-10(13(15)16)12-7-8-14(12)9-11-5-3-2-4-6-11/h2-6,10,12H,7-9H2,1H3,(H,15,16). The van der Waals surface area contributed by atoms with E-state index in [-0.39, 0.29) is 12.0 Å². The van der Waals surface area contributed by atoms with Crippen LogP contribution in [0.5, 0.6) is 0 Å². The molecule has 1 aromatic carbocycles. The van der Waals surface area contributed by atoms with E-state index in [2.05, 4.69) is 17.0 Å². The highest BCUT2D eigenvalue weighted by atomic mass is 16.4.